The molecule has 1 N–H and O–H groups in total. The van der Waals surface area contributed by atoms with Crippen LogP contribution in [0.1, 0.15) is 36.1 Å². The summed E-state index contributed by atoms with van der Waals surface area (Å²) in [5, 5.41) is 11.5. The molecular formula is C29H36N2O7. The number of carbonyl (C=O) groups excluding carboxylic acids is 2. The molecule has 1 atom stereocenters. The Labute approximate surface area is 223 Å². The van der Waals surface area contributed by atoms with Crippen molar-refractivity contribution in [2.45, 2.75) is 26.3 Å². The van der Waals surface area contributed by atoms with Crippen molar-refractivity contribution in [1.82, 2.24) is 9.80 Å². The van der Waals surface area contributed by atoms with Crippen LogP contribution >= 0.6 is 0 Å². The van der Waals surface area contributed by atoms with E-state index >= 15 is 0 Å². The molecule has 1 amide bonds. The van der Waals surface area contributed by atoms with E-state index in [9.17, 15) is 14.7 Å². The molecule has 0 spiro atoms. The second-order valence-corrected chi connectivity index (χ2v) is 9.32. The lowest BCUT2D eigenvalue weighted by atomic mass is 9.93. The van der Waals surface area contributed by atoms with Gasteiger partial charge in [-0.3, -0.25) is 14.5 Å². The quantitative estimate of drug-likeness (QED) is 0.286. The van der Waals surface area contributed by atoms with E-state index in [1.54, 1.807) is 42.3 Å². The molecule has 4 rings (SSSR count). The third kappa shape index (κ3) is 5.63. The first kappa shape index (κ1) is 27.5. The van der Waals surface area contributed by atoms with Gasteiger partial charge in [0.25, 0.3) is 11.7 Å². The molecule has 2 aromatic carbocycles. The van der Waals surface area contributed by atoms with E-state index < -0.39 is 17.7 Å². The van der Waals surface area contributed by atoms with Crippen molar-refractivity contribution in [3.05, 3.63) is 58.7 Å². The van der Waals surface area contributed by atoms with E-state index in [0.29, 0.717) is 61.2 Å². The van der Waals surface area contributed by atoms with Gasteiger partial charge < -0.3 is 29.0 Å². The summed E-state index contributed by atoms with van der Waals surface area (Å²) in [6.07, 6.45) is 0.679. The zero-order valence-corrected chi connectivity index (χ0v) is 22.5. The number of nitrogens with zero attached hydrogens (tertiary/aromatic N) is 2. The first-order valence-corrected chi connectivity index (χ1v) is 12.9. The van der Waals surface area contributed by atoms with Crippen LogP contribution in [0.5, 0.6) is 17.2 Å². The van der Waals surface area contributed by atoms with Crippen LogP contribution in [0.2, 0.25) is 0 Å². The average Bonchev–Trinajstić information content (AvgIpc) is 3.18. The fourth-order valence-electron chi connectivity index (χ4n) is 5.07. The van der Waals surface area contributed by atoms with Gasteiger partial charge in [-0.2, -0.15) is 0 Å². The molecule has 2 heterocycles. The summed E-state index contributed by atoms with van der Waals surface area (Å²) in [6, 6.07) is 9.79. The number of ether oxygens (including phenoxy) is 4. The molecule has 2 aliphatic rings. The summed E-state index contributed by atoms with van der Waals surface area (Å²) < 4.78 is 21.9. The molecule has 38 heavy (non-hydrogen) atoms. The van der Waals surface area contributed by atoms with E-state index in [1.807, 2.05) is 19.9 Å². The number of ketones is 1. The van der Waals surface area contributed by atoms with Crippen molar-refractivity contribution in [2.75, 3.05) is 60.2 Å². The van der Waals surface area contributed by atoms with Gasteiger partial charge in [0, 0.05) is 31.7 Å². The summed E-state index contributed by atoms with van der Waals surface area (Å²) >= 11 is 0. The Morgan fingerprint density at radius 2 is 1.76 bits per heavy atom. The van der Waals surface area contributed by atoms with Crippen LogP contribution in [0.25, 0.3) is 5.76 Å². The van der Waals surface area contributed by atoms with Gasteiger partial charge in [0.2, 0.25) is 0 Å². The van der Waals surface area contributed by atoms with E-state index in [2.05, 4.69) is 4.90 Å². The molecule has 0 radical (unpaired) electrons. The molecule has 0 aliphatic carbocycles. The van der Waals surface area contributed by atoms with Crippen molar-refractivity contribution >= 4 is 17.4 Å². The Morgan fingerprint density at radius 1 is 1.03 bits per heavy atom. The van der Waals surface area contributed by atoms with Crippen LogP contribution < -0.4 is 14.2 Å². The molecule has 204 valence electrons. The number of methoxy groups -OCH3 is 2. The first-order chi connectivity index (χ1) is 18.4. The number of hydrogen-bond donors (Lipinski definition) is 1. The number of rotatable bonds is 10. The summed E-state index contributed by atoms with van der Waals surface area (Å²) in [7, 11) is 3.08. The highest BCUT2D eigenvalue weighted by molar-refractivity contribution is 6.46. The number of likely N-dealkylation sites (tertiary alicyclic amines) is 1. The van der Waals surface area contributed by atoms with Crippen molar-refractivity contribution in [3.63, 3.8) is 0 Å². The SMILES string of the molecule is CCOc1ccc(/C(O)=C2\C(=O)C(=O)N(CCCN3CCOCC3)C2c2ccc(OC)c(OC)c2)c(C)c1. The van der Waals surface area contributed by atoms with Crippen molar-refractivity contribution in [3.8, 4) is 17.2 Å². The largest absolute Gasteiger partial charge is 0.507 e. The molecule has 0 saturated carbocycles. The third-order valence-electron chi connectivity index (χ3n) is 7.00. The maximum absolute atomic E-state index is 13.4. The van der Waals surface area contributed by atoms with Crippen molar-refractivity contribution in [1.29, 1.82) is 0 Å². The highest BCUT2D eigenvalue weighted by Crippen LogP contribution is 2.42. The highest BCUT2D eigenvalue weighted by atomic mass is 16.5. The van der Waals surface area contributed by atoms with Gasteiger partial charge in [0.15, 0.2) is 11.5 Å². The Hall–Kier alpha value is -3.56. The second kappa shape index (κ2) is 12.3. The Kier molecular flexibility index (Phi) is 8.91. The fourth-order valence-corrected chi connectivity index (χ4v) is 5.07. The zero-order chi connectivity index (χ0) is 27.2. The lowest BCUT2D eigenvalue weighted by Crippen LogP contribution is -2.39. The van der Waals surface area contributed by atoms with Crippen LogP contribution in [0.4, 0.5) is 0 Å². The van der Waals surface area contributed by atoms with Crippen LogP contribution in [0.3, 0.4) is 0 Å². The van der Waals surface area contributed by atoms with E-state index in [-0.39, 0.29) is 11.3 Å². The number of aliphatic hydroxyl groups is 1. The smallest absolute Gasteiger partial charge is 0.295 e. The number of carbonyl (C=O) groups is 2. The lowest BCUT2D eigenvalue weighted by Gasteiger charge is -2.29. The number of benzene rings is 2. The van der Waals surface area contributed by atoms with E-state index in [0.717, 1.165) is 25.2 Å². The monoisotopic (exact) mass is 524 g/mol. The Bertz CT molecular complexity index is 1200. The fraction of sp³-hybridized carbons (Fsp3) is 0.448. The van der Waals surface area contributed by atoms with Crippen LogP contribution in [0, 0.1) is 6.92 Å². The molecule has 0 bridgehead atoms. The van der Waals surface area contributed by atoms with Crippen LogP contribution in [-0.4, -0.2) is 86.8 Å². The number of morpholine rings is 1. The molecule has 0 aromatic heterocycles. The molecular weight excluding hydrogens is 488 g/mol. The van der Waals surface area contributed by atoms with Gasteiger partial charge >= 0.3 is 0 Å². The molecule has 1 unspecified atom stereocenters. The number of aryl methyl sites for hydroxylation is 1. The van der Waals surface area contributed by atoms with Gasteiger partial charge in [0.1, 0.15) is 11.5 Å². The lowest BCUT2D eigenvalue weighted by molar-refractivity contribution is -0.140. The predicted octanol–water partition coefficient (Wildman–Crippen LogP) is 3.55. The van der Waals surface area contributed by atoms with Gasteiger partial charge in [-0.1, -0.05) is 6.07 Å². The van der Waals surface area contributed by atoms with Gasteiger partial charge in [-0.05, 0) is 61.7 Å². The molecule has 2 fully saturated rings. The minimum absolute atomic E-state index is 0.0563. The summed E-state index contributed by atoms with van der Waals surface area (Å²) in [4.78, 5) is 30.6. The Morgan fingerprint density at radius 3 is 2.42 bits per heavy atom. The summed E-state index contributed by atoms with van der Waals surface area (Å²) in [5.41, 5.74) is 1.92. The van der Waals surface area contributed by atoms with E-state index in [1.165, 1.54) is 7.11 Å². The number of aliphatic hydroxyl groups excluding tert-OH is 1. The Balaban J connectivity index is 1.74. The molecule has 2 aliphatic heterocycles. The number of Topliss-reactive ketones (excluding diaryl/α,β-unsaturated/α-hetero) is 1. The van der Waals surface area contributed by atoms with E-state index in [4.69, 9.17) is 18.9 Å². The van der Waals surface area contributed by atoms with Gasteiger partial charge in [-0.15, -0.1) is 0 Å². The molecule has 2 saturated heterocycles. The maximum Gasteiger partial charge on any atom is 0.295 e. The van der Waals surface area contributed by atoms with Gasteiger partial charge in [0.05, 0.1) is 45.7 Å². The molecule has 9 heteroatoms. The first-order valence-electron chi connectivity index (χ1n) is 12.9. The van der Waals surface area contributed by atoms with Crippen LogP contribution in [-0.2, 0) is 14.3 Å². The number of hydrogen-bond acceptors (Lipinski definition) is 8. The predicted molar refractivity (Wildman–Crippen MR) is 143 cm³/mol. The summed E-state index contributed by atoms with van der Waals surface area (Å²) in [6.45, 7) is 8.45. The minimum atomic E-state index is -0.773. The zero-order valence-electron chi connectivity index (χ0n) is 22.5. The second-order valence-electron chi connectivity index (χ2n) is 9.32. The minimum Gasteiger partial charge on any atom is -0.507 e. The highest BCUT2D eigenvalue weighted by Gasteiger charge is 2.46. The van der Waals surface area contributed by atoms with Crippen LogP contribution in [0.15, 0.2) is 42.0 Å². The van der Waals surface area contributed by atoms with Gasteiger partial charge in [-0.25, -0.2) is 0 Å². The normalized spacial score (nSPS) is 19.6. The molecule has 2 aromatic rings. The maximum atomic E-state index is 13.4. The van der Waals surface area contributed by atoms with Crippen molar-refractivity contribution < 1.29 is 33.6 Å². The third-order valence-corrected chi connectivity index (χ3v) is 7.00. The summed E-state index contributed by atoms with van der Waals surface area (Å²) in [5.74, 6) is 0.129. The van der Waals surface area contributed by atoms with Crippen molar-refractivity contribution in [2.24, 2.45) is 0 Å². The molecule has 9 nitrogen and oxygen atoms in total. The average molecular weight is 525 g/mol. The standard InChI is InChI=1S/C29H36N2O7/c1-5-38-21-8-9-22(19(2)17-21)27(32)25-26(20-7-10-23(35-3)24(18-20)36-4)31(29(34)28(25)33)12-6-11-30-13-15-37-16-14-30/h7-10,17-18,26,32H,5-6,11-16H2,1-4H3/b27-25+. The number of amides is 1. The topological polar surface area (TPSA) is 97.8 Å².